The van der Waals surface area contributed by atoms with E-state index in [1.165, 1.54) is 25.7 Å². The van der Waals surface area contributed by atoms with E-state index in [0.717, 1.165) is 17.9 Å². The third kappa shape index (κ3) is 6.71. The van der Waals surface area contributed by atoms with E-state index < -0.39 is 6.10 Å². The Hall–Kier alpha value is -1.08. The average molecular weight is 434 g/mol. The van der Waals surface area contributed by atoms with Crippen molar-refractivity contribution in [2.75, 3.05) is 18.8 Å². The Morgan fingerprint density at radius 1 is 1.23 bits per heavy atom. The Kier molecular flexibility index (Phi) is 8.24. The van der Waals surface area contributed by atoms with Gasteiger partial charge in [0.1, 0.15) is 0 Å². The second-order valence-corrected chi connectivity index (χ2v) is 11.2. The number of nitrogens with one attached hydrogen (secondary N) is 1. The summed E-state index contributed by atoms with van der Waals surface area (Å²) in [6.45, 7) is 7.41. The van der Waals surface area contributed by atoms with E-state index in [1.54, 1.807) is 11.8 Å². The standard InChI is InChI=1S/C24H39N3O2S/c1-24(2,3)26-23(29)21-13-17-9-7-8-10-18(17)14-27(21)15-22(28)20(25)16-30-19-11-5-4-6-12-19/h4-6,11-12,17-18,20-22,28H,7-10,13-16,25H2,1-3H3,(H,26,29)/t17?,18?,20-,21-,22?/m0/s1. The number of nitrogens with two attached hydrogens (primary N) is 1. The number of thioether (sulfide) groups is 1. The fraction of sp³-hybridized carbons (Fsp3) is 0.708. The molecule has 1 heterocycles. The Balaban J connectivity index is 1.62. The maximum Gasteiger partial charge on any atom is 0.237 e. The first-order chi connectivity index (χ1) is 14.2. The van der Waals surface area contributed by atoms with Crippen LogP contribution in [0.3, 0.4) is 0 Å². The Labute approximate surface area is 186 Å². The number of aliphatic hydroxyl groups is 1. The van der Waals surface area contributed by atoms with Gasteiger partial charge in [0.15, 0.2) is 0 Å². The van der Waals surface area contributed by atoms with E-state index >= 15 is 0 Å². The number of β-amino-alcohol motifs (C(OH)–C–C–N with tert-alkyl or cyclic N) is 1. The lowest BCUT2D eigenvalue weighted by Crippen LogP contribution is -2.59. The predicted octanol–water partition coefficient (Wildman–Crippen LogP) is 3.26. The second kappa shape index (κ2) is 10.5. The smallest absolute Gasteiger partial charge is 0.237 e. The lowest BCUT2D eigenvalue weighted by Gasteiger charge is -2.46. The maximum absolute atomic E-state index is 13.1. The number of hydrogen-bond acceptors (Lipinski definition) is 5. The predicted molar refractivity (Wildman–Crippen MR) is 124 cm³/mol. The third-order valence-corrected chi connectivity index (χ3v) is 7.56. The minimum Gasteiger partial charge on any atom is -0.390 e. The summed E-state index contributed by atoms with van der Waals surface area (Å²) < 4.78 is 0. The molecule has 1 saturated carbocycles. The van der Waals surface area contributed by atoms with Gasteiger partial charge in [-0.2, -0.15) is 0 Å². The van der Waals surface area contributed by atoms with Crippen LogP contribution in [0.1, 0.15) is 52.9 Å². The van der Waals surface area contributed by atoms with Crippen LogP contribution in [0, 0.1) is 11.8 Å². The van der Waals surface area contributed by atoms with Gasteiger partial charge >= 0.3 is 0 Å². The maximum atomic E-state index is 13.1. The Bertz CT molecular complexity index is 679. The summed E-state index contributed by atoms with van der Waals surface area (Å²) in [5, 5.41) is 14.0. The van der Waals surface area contributed by atoms with Gasteiger partial charge in [-0.3, -0.25) is 9.69 Å². The zero-order valence-corrected chi connectivity index (χ0v) is 19.5. The van der Waals surface area contributed by atoms with Crippen LogP contribution in [-0.4, -0.2) is 58.5 Å². The lowest BCUT2D eigenvalue weighted by atomic mass is 9.72. The van der Waals surface area contributed by atoms with Gasteiger partial charge in [0.05, 0.1) is 12.1 Å². The summed E-state index contributed by atoms with van der Waals surface area (Å²) in [7, 11) is 0. The molecule has 2 fully saturated rings. The van der Waals surface area contributed by atoms with Crippen molar-refractivity contribution in [1.29, 1.82) is 0 Å². The molecule has 0 aromatic heterocycles. The van der Waals surface area contributed by atoms with Gasteiger partial charge in [0.2, 0.25) is 5.91 Å². The van der Waals surface area contributed by atoms with Crippen LogP contribution in [0.15, 0.2) is 35.2 Å². The zero-order valence-electron chi connectivity index (χ0n) is 18.7. The first-order valence-corrected chi connectivity index (χ1v) is 12.4. The second-order valence-electron chi connectivity index (χ2n) is 10.1. The summed E-state index contributed by atoms with van der Waals surface area (Å²) in [6, 6.07) is 9.64. The van der Waals surface area contributed by atoms with Gasteiger partial charge in [-0.1, -0.05) is 37.5 Å². The molecule has 1 aromatic rings. The fourth-order valence-corrected chi connectivity index (χ4v) is 5.78. The van der Waals surface area contributed by atoms with E-state index in [4.69, 9.17) is 5.73 Å². The van der Waals surface area contributed by atoms with Crippen LogP contribution in [-0.2, 0) is 4.79 Å². The number of carbonyl (C=O) groups is 1. The molecule has 1 amide bonds. The molecule has 0 radical (unpaired) electrons. The minimum atomic E-state index is -0.647. The van der Waals surface area contributed by atoms with Crippen molar-refractivity contribution in [3.63, 3.8) is 0 Å². The van der Waals surface area contributed by atoms with Gasteiger partial charge in [-0.25, -0.2) is 0 Å². The summed E-state index contributed by atoms with van der Waals surface area (Å²) in [5.74, 6) is 2.01. The van der Waals surface area contributed by atoms with E-state index in [1.807, 2.05) is 39.0 Å². The van der Waals surface area contributed by atoms with E-state index in [0.29, 0.717) is 24.1 Å². The molecule has 4 N–H and O–H groups in total. The number of carbonyl (C=O) groups excluding carboxylic acids is 1. The highest BCUT2D eigenvalue weighted by atomic mass is 32.2. The fourth-order valence-electron chi connectivity index (χ4n) is 4.82. The monoisotopic (exact) mass is 433 g/mol. The number of nitrogens with zero attached hydrogens (tertiary/aromatic N) is 1. The van der Waals surface area contributed by atoms with Crippen LogP contribution in [0.5, 0.6) is 0 Å². The van der Waals surface area contributed by atoms with Crippen LogP contribution >= 0.6 is 11.8 Å². The van der Waals surface area contributed by atoms with Crippen molar-refractivity contribution in [1.82, 2.24) is 10.2 Å². The molecule has 3 rings (SSSR count). The number of fused-ring (bicyclic) bond motifs is 1. The van der Waals surface area contributed by atoms with Crippen molar-refractivity contribution in [2.24, 2.45) is 17.6 Å². The highest BCUT2D eigenvalue weighted by molar-refractivity contribution is 7.99. The zero-order chi connectivity index (χ0) is 21.7. The summed E-state index contributed by atoms with van der Waals surface area (Å²) >= 11 is 1.67. The number of amides is 1. The number of likely N-dealkylation sites (tertiary alicyclic amines) is 1. The molecule has 0 spiro atoms. The number of benzene rings is 1. The van der Waals surface area contributed by atoms with Gasteiger partial charge in [0, 0.05) is 35.3 Å². The molecule has 5 nitrogen and oxygen atoms in total. The van der Waals surface area contributed by atoms with Crippen molar-refractivity contribution >= 4 is 17.7 Å². The molecule has 0 bridgehead atoms. The molecule has 30 heavy (non-hydrogen) atoms. The lowest BCUT2D eigenvalue weighted by molar-refractivity contribution is -0.132. The normalized spacial score (nSPS) is 27.2. The van der Waals surface area contributed by atoms with Gasteiger partial charge in [0.25, 0.3) is 0 Å². The van der Waals surface area contributed by atoms with Crippen molar-refractivity contribution in [2.45, 2.75) is 81.5 Å². The molecule has 1 saturated heterocycles. The third-order valence-electron chi connectivity index (χ3n) is 6.40. The molecule has 1 aliphatic heterocycles. The molecule has 1 aromatic carbocycles. The van der Waals surface area contributed by atoms with Crippen molar-refractivity contribution in [3.05, 3.63) is 30.3 Å². The molecule has 3 unspecified atom stereocenters. The average Bonchev–Trinajstić information content (AvgIpc) is 2.71. The summed E-state index contributed by atoms with van der Waals surface area (Å²) in [6.07, 6.45) is 5.27. The molecule has 6 heteroatoms. The quantitative estimate of drug-likeness (QED) is 0.575. The molecular formula is C24H39N3O2S. The largest absolute Gasteiger partial charge is 0.390 e. The topological polar surface area (TPSA) is 78.6 Å². The molecular weight excluding hydrogens is 394 g/mol. The molecule has 1 aliphatic carbocycles. The minimum absolute atomic E-state index is 0.0888. The number of piperidine rings is 1. The van der Waals surface area contributed by atoms with Crippen molar-refractivity contribution in [3.8, 4) is 0 Å². The van der Waals surface area contributed by atoms with Crippen LogP contribution in [0.25, 0.3) is 0 Å². The Morgan fingerprint density at radius 3 is 2.57 bits per heavy atom. The van der Waals surface area contributed by atoms with Gasteiger partial charge in [-0.15, -0.1) is 11.8 Å². The first kappa shape index (κ1) is 23.6. The highest BCUT2D eigenvalue weighted by Crippen LogP contribution is 2.38. The molecule has 168 valence electrons. The van der Waals surface area contributed by atoms with Crippen LogP contribution in [0.4, 0.5) is 0 Å². The van der Waals surface area contributed by atoms with Gasteiger partial charge in [-0.05, 0) is 57.6 Å². The van der Waals surface area contributed by atoms with Gasteiger partial charge < -0.3 is 16.2 Å². The number of aliphatic hydroxyl groups excluding tert-OH is 1. The number of rotatable bonds is 7. The summed E-state index contributed by atoms with van der Waals surface area (Å²) in [5.41, 5.74) is 6.08. The number of hydrogen-bond donors (Lipinski definition) is 3. The van der Waals surface area contributed by atoms with E-state index in [9.17, 15) is 9.90 Å². The Morgan fingerprint density at radius 2 is 1.90 bits per heavy atom. The SMILES string of the molecule is CC(C)(C)NC(=O)[C@@H]1CC2CCCCC2CN1CC(O)[C@@H](N)CSc1ccccc1. The van der Waals surface area contributed by atoms with Crippen LogP contribution < -0.4 is 11.1 Å². The summed E-state index contributed by atoms with van der Waals surface area (Å²) in [4.78, 5) is 16.5. The van der Waals surface area contributed by atoms with E-state index in [2.05, 4.69) is 22.3 Å². The van der Waals surface area contributed by atoms with Crippen molar-refractivity contribution < 1.29 is 9.90 Å². The first-order valence-electron chi connectivity index (χ1n) is 11.4. The highest BCUT2D eigenvalue weighted by Gasteiger charge is 2.41. The van der Waals surface area contributed by atoms with E-state index in [-0.39, 0.29) is 23.5 Å². The molecule has 5 atom stereocenters. The molecule has 2 aliphatic rings. The van der Waals surface area contributed by atoms with Crippen LogP contribution in [0.2, 0.25) is 0 Å².